The van der Waals surface area contributed by atoms with E-state index in [1.807, 2.05) is 0 Å². The zero-order valence-electron chi connectivity index (χ0n) is 27.0. The van der Waals surface area contributed by atoms with E-state index in [-0.39, 0.29) is 11.7 Å². The normalized spacial score (nSPS) is 22.3. The van der Waals surface area contributed by atoms with Crippen LogP contribution in [0.25, 0.3) is 0 Å². The van der Waals surface area contributed by atoms with Gasteiger partial charge in [-0.05, 0) is 25.5 Å². The number of carbonyl (C=O) groups is 2. The third-order valence-electron chi connectivity index (χ3n) is 8.07. The van der Waals surface area contributed by atoms with Crippen molar-refractivity contribution in [2.75, 3.05) is 23.4 Å². The van der Waals surface area contributed by atoms with Crippen molar-refractivity contribution in [1.29, 1.82) is 0 Å². The van der Waals surface area contributed by atoms with Crippen molar-refractivity contribution in [2.24, 2.45) is 0 Å². The van der Waals surface area contributed by atoms with Crippen molar-refractivity contribution >= 4 is 29.4 Å². The topological polar surface area (TPSA) is 179 Å². The number of hydrogen-bond donors (Lipinski definition) is 6. The molecule has 1 aromatic rings. The van der Waals surface area contributed by atoms with Crippen LogP contribution in [0.2, 0.25) is 0 Å². The Morgan fingerprint density at radius 1 is 0.956 bits per heavy atom. The molecule has 1 saturated heterocycles. The first-order chi connectivity index (χ1) is 21.8. The van der Waals surface area contributed by atoms with Crippen molar-refractivity contribution in [2.45, 2.75) is 146 Å². The summed E-state index contributed by atoms with van der Waals surface area (Å²) in [5.41, 5.74) is 0. The van der Waals surface area contributed by atoms with Crippen LogP contribution in [0.15, 0.2) is 6.20 Å². The Morgan fingerprint density at radius 3 is 2.09 bits per heavy atom. The number of anilines is 1. The van der Waals surface area contributed by atoms with Gasteiger partial charge in [-0.15, -0.1) is 5.10 Å². The maximum atomic E-state index is 13.1. The van der Waals surface area contributed by atoms with Gasteiger partial charge in [-0.25, -0.2) is 4.68 Å². The second kappa shape index (κ2) is 23.5. The molecule has 1 aromatic heterocycles. The van der Waals surface area contributed by atoms with E-state index in [0.717, 1.165) is 23.9 Å². The van der Waals surface area contributed by atoms with E-state index in [9.17, 15) is 30.0 Å². The van der Waals surface area contributed by atoms with Gasteiger partial charge in [0.1, 0.15) is 30.5 Å². The van der Waals surface area contributed by atoms with Crippen LogP contribution in [0.1, 0.15) is 116 Å². The SMILES string of the molecule is [CH2][CH]CSC[C@@H](NC(=O)CCCCCCCCCCCCCCCCC)C(=O)Nc1cn(C2OC(CO)C(O)C(O)C2O)nn1. The molecule has 258 valence electrons. The van der Waals surface area contributed by atoms with Crippen LogP contribution in [-0.4, -0.2) is 95.8 Å². The molecule has 13 heteroatoms. The van der Waals surface area contributed by atoms with Gasteiger partial charge >= 0.3 is 0 Å². The highest BCUT2D eigenvalue weighted by Crippen LogP contribution is 2.28. The molecule has 0 bridgehead atoms. The number of nitrogens with zero attached hydrogens (tertiary/aromatic N) is 3. The first-order valence-corrected chi connectivity index (χ1v) is 18.0. The van der Waals surface area contributed by atoms with Crippen molar-refractivity contribution in [3.8, 4) is 0 Å². The minimum atomic E-state index is -1.57. The molecule has 2 rings (SSSR count). The third-order valence-corrected chi connectivity index (χ3v) is 9.11. The molecule has 1 aliphatic rings. The van der Waals surface area contributed by atoms with Crippen molar-refractivity contribution in [1.82, 2.24) is 20.3 Å². The first-order valence-electron chi connectivity index (χ1n) is 16.8. The van der Waals surface area contributed by atoms with E-state index >= 15 is 0 Å². The van der Waals surface area contributed by atoms with Crippen molar-refractivity contribution in [3.05, 3.63) is 19.5 Å². The van der Waals surface area contributed by atoms with Crippen LogP contribution >= 0.6 is 11.8 Å². The lowest BCUT2D eigenvalue weighted by Gasteiger charge is -2.39. The summed E-state index contributed by atoms with van der Waals surface area (Å²) in [6.45, 7) is 5.37. The highest BCUT2D eigenvalue weighted by molar-refractivity contribution is 7.99. The predicted molar refractivity (Wildman–Crippen MR) is 176 cm³/mol. The second-order valence-electron chi connectivity index (χ2n) is 11.9. The Morgan fingerprint density at radius 2 is 1.53 bits per heavy atom. The maximum Gasteiger partial charge on any atom is 0.249 e. The molecule has 12 nitrogen and oxygen atoms in total. The second-order valence-corrected chi connectivity index (χ2v) is 13.0. The van der Waals surface area contributed by atoms with Gasteiger partial charge in [0, 0.05) is 12.2 Å². The number of carbonyl (C=O) groups excluding carboxylic acids is 2. The number of aliphatic hydroxyl groups is 4. The zero-order valence-corrected chi connectivity index (χ0v) is 27.8. The molecule has 2 heterocycles. The van der Waals surface area contributed by atoms with Gasteiger partial charge in [-0.1, -0.05) is 102 Å². The number of nitrogens with one attached hydrogen (secondary N) is 2. The third kappa shape index (κ3) is 15.1. The monoisotopic (exact) mass is 655 g/mol. The fourth-order valence-electron chi connectivity index (χ4n) is 5.35. The van der Waals surface area contributed by atoms with Crippen LogP contribution in [0.5, 0.6) is 0 Å². The van der Waals surface area contributed by atoms with Crippen LogP contribution in [0, 0.1) is 13.3 Å². The van der Waals surface area contributed by atoms with Crippen LogP contribution in [-0.2, 0) is 14.3 Å². The molecule has 1 aliphatic heterocycles. The van der Waals surface area contributed by atoms with E-state index in [4.69, 9.17) is 4.74 Å². The van der Waals surface area contributed by atoms with Gasteiger partial charge < -0.3 is 35.8 Å². The average Bonchev–Trinajstić information content (AvgIpc) is 3.49. The summed E-state index contributed by atoms with van der Waals surface area (Å²) >= 11 is 1.46. The Kier molecular flexibility index (Phi) is 20.6. The molecule has 0 aliphatic carbocycles. The number of amides is 2. The Bertz CT molecular complexity index is 937. The summed E-state index contributed by atoms with van der Waals surface area (Å²) in [5.74, 6) is 0.341. The van der Waals surface area contributed by atoms with Gasteiger partial charge in [0.25, 0.3) is 0 Å². The minimum Gasteiger partial charge on any atom is -0.394 e. The van der Waals surface area contributed by atoms with Crippen molar-refractivity contribution in [3.63, 3.8) is 0 Å². The summed E-state index contributed by atoms with van der Waals surface area (Å²) in [7, 11) is 0. The molecule has 6 atom stereocenters. The van der Waals surface area contributed by atoms with Gasteiger partial charge in [0.2, 0.25) is 11.8 Å². The Hall–Kier alpha value is -1.77. The molecular weight excluding hydrogens is 598 g/mol. The van der Waals surface area contributed by atoms with E-state index in [2.05, 4.69) is 34.8 Å². The lowest BCUT2D eigenvalue weighted by Crippen LogP contribution is -2.56. The number of thioether (sulfide) groups is 1. The van der Waals surface area contributed by atoms with Crippen LogP contribution < -0.4 is 10.6 Å². The Balaban J connectivity index is 1.69. The summed E-state index contributed by atoms with van der Waals surface area (Å²) in [4.78, 5) is 25.7. The molecule has 5 unspecified atom stereocenters. The molecule has 45 heavy (non-hydrogen) atoms. The van der Waals surface area contributed by atoms with Crippen LogP contribution in [0.3, 0.4) is 0 Å². The van der Waals surface area contributed by atoms with E-state index in [1.54, 1.807) is 6.42 Å². The maximum absolute atomic E-state index is 13.1. The predicted octanol–water partition coefficient (Wildman–Crippen LogP) is 3.71. The molecule has 0 saturated carbocycles. The lowest BCUT2D eigenvalue weighted by atomic mass is 9.98. The minimum absolute atomic E-state index is 0.0485. The molecule has 1 fully saturated rings. The van der Waals surface area contributed by atoms with Gasteiger partial charge in [0.05, 0.1) is 12.8 Å². The average molecular weight is 656 g/mol. The molecule has 0 spiro atoms. The number of unbranched alkanes of at least 4 members (excludes halogenated alkanes) is 14. The van der Waals surface area contributed by atoms with E-state index < -0.39 is 49.2 Å². The quantitative estimate of drug-likeness (QED) is 0.0851. The number of aliphatic hydroxyl groups excluding tert-OH is 4. The lowest BCUT2D eigenvalue weighted by molar-refractivity contribution is -0.254. The first kappa shape index (κ1) is 39.4. The zero-order chi connectivity index (χ0) is 32.9. The summed E-state index contributed by atoms with van der Waals surface area (Å²) in [5, 5.41) is 53.0. The van der Waals surface area contributed by atoms with E-state index in [0.29, 0.717) is 17.9 Å². The molecule has 2 radical (unpaired) electrons. The summed E-state index contributed by atoms with van der Waals surface area (Å²) in [6, 6.07) is -0.809. The smallest absolute Gasteiger partial charge is 0.249 e. The highest BCUT2D eigenvalue weighted by Gasteiger charge is 2.44. The number of hydrogen-bond acceptors (Lipinski definition) is 10. The molecule has 2 amide bonds. The highest BCUT2D eigenvalue weighted by atomic mass is 32.2. The largest absolute Gasteiger partial charge is 0.394 e. The molecular formula is C32H57N5O7S. The fraction of sp³-hybridized carbons (Fsp3) is 0.812. The van der Waals surface area contributed by atoms with Gasteiger partial charge in [0.15, 0.2) is 12.0 Å². The number of ether oxygens (including phenoxy) is 1. The standard InChI is InChI=1S/C32H57N5O7S/c1-3-5-6-7-8-9-10-11-12-13-14-15-16-17-18-19-27(39)33-24(23-45-20-4-2)31(43)34-26-21-37(36-35-26)32-30(42)29(41)28(40)25(22-38)44-32/h4,21,24-25,28-30,32,38,40-42H,2-3,5-20,22-23H2,1H3,(H,33,39)(H,34,43)/t24-,25?,28?,29?,30?,32?/m1/s1. The number of rotatable bonds is 25. The summed E-state index contributed by atoms with van der Waals surface area (Å²) in [6.07, 6.45) is 15.2. The van der Waals surface area contributed by atoms with Crippen LogP contribution in [0.4, 0.5) is 5.82 Å². The molecule has 0 aromatic carbocycles. The summed E-state index contributed by atoms with van der Waals surface area (Å²) < 4.78 is 6.56. The van der Waals surface area contributed by atoms with Crippen molar-refractivity contribution < 1.29 is 34.8 Å². The Labute approximate surface area is 273 Å². The van der Waals surface area contributed by atoms with Gasteiger partial charge in [-0.3, -0.25) is 9.59 Å². The molecule has 6 N–H and O–H groups in total. The van der Waals surface area contributed by atoms with Gasteiger partial charge in [-0.2, -0.15) is 11.8 Å². The van der Waals surface area contributed by atoms with E-state index in [1.165, 1.54) is 95.0 Å². The number of aromatic nitrogens is 3. The fourth-order valence-corrected chi connectivity index (χ4v) is 6.12.